The van der Waals surface area contributed by atoms with Gasteiger partial charge in [-0.15, -0.1) is 0 Å². The second-order valence-electron chi connectivity index (χ2n) is 9.71. The summed E-state index contributed by atoms with van der Waals surface area (Å²) in [7, 11) is 2.67. The lowest BCUT2D eigenvalue weighted by molar-refractivity contribution is -0.138. The van der Waals surface area contributed by atoms with Crippen LogP contribution in [0.3, 0.4) is 0 Å². The van der Waals surface area contributed by atoms with Gasteiger partial charge in [-0.3, -0.25) is 14.5 Å². The first-order chi connectivity index (χ1) is 13.9. The molecule has 164 valence electrons. The highest BCUT2D eigenvalue weighted by molar-refractivity contribution is 6.74. The number of amides is 2. The lowest BCUT2D eigenvalue weighted by atomic mass is 9.73. The van der Waals surface area contributed by atoms with Crippen LogP contribution in [0.4, 0.5) is 0 Å². The molecule has 6 nitrogen and oxygen atoms in total. The van der Waals surface area contributed by atoms with Crippen LogP contribution in [0, 0.1) is 11.8 Å². The Bertz CT molecular complexity index is 886. The van der Waals surface area contributed by atoms with Gasteiger partial charge in [0.25, 0.3) is 0 Å². The quantitative estimate of drug-likeness (QED) is 0.513. The number of benzene rings is 1. The third kappa shape index (κ3) is 3.75. The fourth-order valence-electron chi connectivity index (χ4n) is 4.03. The molecule has 1 heterocycles. The summed E-state index contributed by atoms with van der Waals surface area (Å²) in [5.74, 6) is 0.706. The minimum Gasteiger partial charge on any atom is -0.547 e. The molecule has 7 heteroatoms. The van der Waals surface area contributed by atoms with Gasteiger partial charge in [-0.05, 0) is 41.9 Å². The lowest BCUT2D eigenvalue weighted by Crippen LogP contribution is -2.41. The molecule has 2 amide bonds. The van der Waals surface area contributed by atoms with Gasteiger partial charge in [-0.25, -0.2) is 0 Å². The number of methoxy groups -OCH3 is 2. The molecule has 1 aromatic rings. The van der Waals surface area contributed by atoms with Gasteiger partial charge in [0.1, 0.15) is 0 Å². The second-order valence-corrected chi connectivity index (χ2v) is 14.4. The molecule has 1 aliphatic heterocycles. The first-order valence-electron chi connectivity index (χ1n) is 10.3. The summed E-state index contributed by atoms with van der Waals surface area (Å²) in [6.07, 6.45) is 2.52. The number of likely N-dealkylation sites (tertiary alicyclic amines) is 1. The highest BCUT2D eigenvalue weighted by atomic mass is 28.4. The first kappa shape index (κ1) is 22.4. The standard InChI is InChI=1S/C23H33NO5Si/c1-23(2,3)30(7,8)29-15-12-16(14-9-10-18(27-5)19(11-14)28-6)20-17(13-15)21(25)24(4)22(20)26/h9-12,16-17,20H,13H2,1-8H3/t16-,17-,20+/m1/s1. The first-order valence-corrected chi connectivity index (χ1v) is 13.2. The number of allylic oxidation sites excluding steroid dienone is 2. The van der Waals surface area contributed by atoms with Crippen LogP contribution in [-0.2, 0) is 14.0 Å². The molecule has 1 aromatic carbocycles. The molecule has 0 saturated carbocycles. The number of hydrogen-bond donors (Lipinski definition) is 0. The van der Waals surface area contributed by atoms with Crippen LogP contribution < -0.4 is 9.47 Å². The molecule has 3 rings (SSSR count). The minimum atomic E-state index is -2.08. The minimum absolute atomic E-state index is 0.0375. The van der Waals surface area contributed by atoms with E-state index in [1.54, 1.807) is 21.3 Å². The maximum absolute atomic E-state index is 13.0. The highest BCUT2D eigenvalue weighted by Crippen LogP contribution is 2.48. The second kappa shape index (κ2) is 7.76. The van der Waals surface area contributed by atoms with Gasteiger partial charge in [-0.1, -0.05) is 26.8 Å². The predicted molar refractivity (Wildman–Crippen MR) is 118 cm³/mol. The van der Waals surface area contributed by atoms with Crippen LogP contribution >= 0.6 is 0 Å². The molecule has 1 saturated heterocycles. The van der Waals surface area contributed by atoms with Crippen molar-refractivity contribution in [3.05, 3.63) is 35.6 Å². The van der Waals surface area contributed by atoms with E-state index < -0.39 is 20.2 Å². The van der Waals surface area contributed by atoms with Gasteiger partial charge in [0, 0.05) is 19.4 Å². The third-order valence-electron chi connectivity index (χ3n) is 6.86. The molecule has 2 aliphatic rings. The molecule has 0 N–H and O–H groups in total. The van der Waals surface area contributed by atoms with Crippen LogP contribution in [0.25, 0.3) is 0 Å². The van der Waals surface area contributed by atoms with E-state index in [1.807, 2.05) is 24.3 Å². The number of hydrogen-bond acceptors (Lipinski definition) is 5. The summed E-state index contributed by atoms with van der Waals surface area (Å²) >= 11 is 0. The summed E-state index contributed by atoms with van der Waals surface area (Å²) in [6.45, 7) is 11.0. The van der Waals surface area contributed by atoms with Crippen molar-refractivity contribution in [2.24, 2.45) is 11.8 Å². The number of imide groups is 1. The van der Waals surface area contributed by atoms with Gasteiger partial charge >= 0.3 is 0 Å². The van der Waals surface area contributed by atoms with Crippen molar-refractivity contribution in [1.82, 2.24) is 4.90 Å². The Hall–Kier alpha value is -2.28. The monoisotopic (exact) mass is 431 g/mol. The Balaban J connectivity index is 2.07. The number of carbonyl (C=O) groups excluding carboxylic acids is 2. The SMILES string of the molecule is COc1ccc([C@H]2C=C(O[Si](C)(C)C(C)(C)C)C[C@H]3C(=O)N(C)C(=O)[C@@H]23)cc1OC. The Morgan fingerprint density at radius 1 is 1.03 bits per heavy atom. The van der Waals surface area contributed by atoms with Crippen LogP contribution in [0.1, 0.15) is 38.7 Å². The van der Waals surface area contributed by atoms with E-state index in [0.29, 0.717) is 17.9 Å². The largest absolute Gasteiger partial charge is 0.547 e. The predicted octanol–water partition coefficient (Wildman–Crippen LogP) is 4.33. The number of nitrogens with zero attached hydrogens (tertiary/aromatic N) is 1. The maximum atomic E-state index is 13.0. The van der Waals surface area contributed by atoms with E-state index in [9.17, 15) is 9.59 Å². The normalized spacial score (nSPS) is 24.5. The number of rotatable bonds is 5. The van der Waals surface area contributed by atoms with Gasteiger partial charge < -0.3 is 13.9 Å². The lowest BCUT2D eigenvalue weighted by Gasteiger charge is -2.40. The summed E-state index contributed by atoms with van der Waals surface area (Å²) in [5.41, 5.74) is 0.912. The van der Waals surface area contributed by atoms with Crippen LogP contribution in [0.15, 0.2) is 30.0 Å². The Labute approximate surface area is 180 Å². The van der Waals surface area contributed by atoms with Gasteiger partial charge in [-0.2, -0.15) is 0 Å². The zero-order chi connectivity index (χ0) is 22.4. The highest BCUT2D eigenvalue weighted by Gasteiger charge is 2.52. The van der Waals surface area contributed by atoms with Crippen molar-refractivity contribution in [3.8, 4) is 11.5 Å². The molecular formula is C23H33NO5Si. The van der Waals surface area contributed by atoms with E-state index in [2.05, 4.69) is 33.9 Å². The average molecular weight is 432 g/mol. The Kier molecular flexibility index (Phi) is 5.80. The smallest absolute Gasteiger partial charge is 0.250 e. The van der Waals surface area contributed by atoms with Gasteiger partial charge in [0.05, 0.1) is 31.8 Å². The van der Waals surface area contributed by atoms with Gasteiger partial charge in [0.2, 0.25) is 20.1 Å². The average Bonchev–Trinajstić information content (AvgIpc) is 2.90. The van der Waals surface area contributed by atoms with Crippen LogP contribution in [-0.4, -0.2) is 46.3 Å². The molecule has 0 spiro atoms. The molecule has 0 bridgehead atoms. The Morgan fingerprint density at radius 3 is 2.23 bits per heavy atom. The van der Waals surface area contributed by atoms with E-state index in [-0.39, 0.29) is 22.8 Å². The van der Waals surface area contributed by atoms with Crippen molar-refractivity contribution in [2.75, 3.05) is 21.3 Å². The maximum Gasteiger partial charge on any atom is 0.250 e. The summed E-state index contributed by atoms with van der Waals surface area (Å²) in [5, 5.41) is 0.0375. The summed E-state index contributed by atoms with van der Waals surface area (Å²) in [4.78, 5) is 27.1. The fourth-order valence-corrected chi connectivity index (χ4v) is 5.15. The van der Waals surface area contributed by atoms with E-state index in [1.165, 1.54) is 4.90 Å². The third-order valence-corrected chi connectivity index (χ3v) is 11.2. The number of ether oxygens (including phenoxy) is 2. The van der Waals surface area contributed by atoms with E-state index >= 15 is 0 Å². The van der Waals surface area contributed by atoms with Crippen molar-refractivity contribution in [3.63, 3.8) is 0 Å². The van der Waals surface area contributed by atoms with Crippen molar-refractivity contribution in [1.29, 1.82) is 0 Å². The van der Waals surface area contributed by atoms with Gasteiger partial charge in [0.15, 0.2) is 11.5 Å². The zero-order valence-electron chi connectivity index (χ0n) is 19.2. The Morgan fingerprint density at radius 2 is 1.67 bits per heavy atom. The van der Waals surface area contributed by atoms with Crippen molar-refractivity contribution in [2.45, 2.75) is 51.2 Å². The molecule has 0 unspecified atom stereocenters. The number of carbonyl (C=O) groups is 2. The number of fused-ring (bicyclic) bond motifs is 1. The van der Waals surface area contributed by atoms with E-state index in [0.717, 1.165) is 11.3 Å². The molecule has 0 aromatic heterocycles. The van der Waals surface area contributed by atoms with Crippen LogP contribution in [0.5, 0.6) is 11.5 Å². The molecule has 1 aliphatic carbocycles. The van der Waals surface area contributed by atoms with E-state index in [4.69, 9.17) is 13.9 Å². The van der Waals surface area contributed by atoms with Crippen molar-refractivity contribution < 1.29 is 23.5 Å². The van der Waals surface area contributed by atoms with Crippen LogP contribution in [0.2, 0.25) is 18.1 Å². The molecule has 1 fully saturated rings. The fraction of sp³-hybridized carbons (Fsp3) is 0.565. The zero-order valence-corrected chi connectivity index (χ0v) is 20.2. The summed E-state index contributed by atoms with van der Waals surface area (Å²) in [6, 6.07) is 5.66. The molecule has 0 radical (unpaired) electrons. The van der Waals surface area contributed by atoms with Crippen molar-refractivity contribution >= 4 is 20.1 Å². The molecular weight excluding hydrogens is 398 g/mol. The molecule has 30 heavy (non-hydrogen) atoms. The summed E-state index contributed by atoms with van der Waals surface area (Å²) < 4.78 is 17.4. The topological polar surface area (TPSA) is 65.1 Å². The molecule has 3 atom stereocenters.